The molecule has 1 aliphatic rings. The third-order valence-corrected chi connectivity index (χ3v) is 6.05. The lowest BCUT2D eigenvalue weighted by molar-refractivity contribution is -0.135. The Morgan fingerprint density at radius 3 is 2.22 bits per heavy atom. The van der Waals surface area contributed by atoms with E-state index >= 15 is 0 Å². The average Bonchev–Trinajstić information content (AvgIpc) is 2.78. The van der Waals surface area contributed by atoms with Crippen LogP contribution in [0.25, 0.3) is 0 Å². The van der Waals surface area contributed by atoms with Gasteiger partial charge in [-0.1, -0.05) is 29.8 Å². The maximum atomic E-state index is 13.4. The Kier molecular flexibility index (Phi) is 6.02. The van der Waals surface area contributed by atoms with Gasteiger partial charge in [-0.3, -0.25) is 9.69 Å². The summed E-state index contributed by atoms with van der Waals surface area (Å²) in [6.45, 7) is 5.94. The van der Waals surface area contributed by atoms with Gasteiger partial charge in [0.2, 0.25) is 6.10 Å². The average molecular weight is 452 g/mol. The molecule has 1 heterocycles. The van der Waals surface area contributed by atoms with Gasteiger partial charge >= 0.3 is 0 Å². The molecule has 2 atom stereocenters. The van der Waals surface area contributed by atoms with Crippen molar-refractivity contribution in [3.63, 3.8) is 0 Å². The van der Waals surface area contributed by atoms with Crippen LogP contribution in [0.3, 0.4) is 0 Å². The second-order valence-corrected chi connectivity index (χ2v) is 8.44. The van der Waals surface area contributed by atoms with E-state index in [2.05, 4.69) is 0 Å². The number of hydrogen-bond acceptors (Lipinski definition) is 4. The molecule has 1 fully saturated rings. The lowest BCUT2D eigenvalue weighted by Crippen LogP contribution is -2.62. The number of benzene rings is 3. The van der Waals surface area contributed by atoms with Crippen LogP contribution in [-0.4, -0.2) is 26.2 Å². The van der Waals surface area contributed by atoms with E-state index in [-0.39, 0.29) is 11.9 Å². The predicted octanol–water partition coefficient (Wildman–Crippen LogP) is 5.82. The summed E-state index contributed by atoms with van der Waals surface area (Å²) >= 11 is 6.10. The van der Waals surface area contributed by atoms with Crippen LogP contribution in [0.4, 0.5) is 5.69 Å². The van der Waals surface area contributed by atoms with Crippen LogP contribution in [0.15, 0.2) is 54.6 Å². The molecule has 1 saturated heterocycles. The lowest BCUT2D eigenvalue weighted by Gasteiger charge is -2.47. The summed E-state index contributed by atoms with van der Waals surface area (Å²) in [5.74, 6) is 1.78. The molecular formula is C26H26ClNO4. The first-order valence-corrected chi connectivity index (χ1v) is 10.8. The zero-order valence-corrected chi connectivity index (χ0v) is 19.6. The Labute approximate surface area is 193 Å². The Morgan fingerprint density at radius 1 is 0.812 bits per heavy atom. The van der Waals surface area contributed by atoms with Crippen molar-refractivity contribution in [1.29, 1.82) is 0 Å². The first kappa shape index (κ1) is 22.0. The summed E-state index contributed by atoms with van der Waals surface area (Å²) < 4.78 is 17.1. The van der Waals surface area contributed by atoms with Crippen LogP contribution in [0, 0.1) is 20.8 Å². The van der Waals surface area contributed by atoms with Gasteiger partial charge in [0.1, 0.15) is 11.8 Å². The lowest BCUT2D eigenvalue weighted by atomic mass is 9.88. The second kappa shape index (κ2) is 8.75. The highest BCUT2D eigenvalue weighted by Gasteiger charge is 2.51. The van der Waals surface area contributed by atoms with Crippen LogP contribution < -0.4 is 19.1 Å². The van der Waals surface area contributed by atoms with Crippen LogP contribution in [0.2, 0.25) is 5.02 Å². The molecule has 0 saturated carbocycles. The highest BCUT2D eigenvalue weighted by Crippen LogP contribution is 2.45. The van der Waals surface area contributed by atoms with Crippen molar-refractivity contribution >= 4 is 23.2 Å². The molecule has 0 aromatic heterocycles. The zero-order valence-electron chi connectivity index (χ0n) is 18.8. The molecule has 0 unspecified atom stereocenters. The standard InChI is InChI=1S/C26H26ClNO4/c1-15-6-7-16(2)20(12-15)28-24(18-8-10-22(30-4)23(14-18)31-5)25(26(28)29)32-21-11-9-19(27)13-17(21)3/h6-14,24-25H,1-5H3/t24-,25+/m0/s1. The van der Waals surface area contributed by atoms with Crippen LogP contribution in [0.1, 0.15) is 28.3 Å². The monoisotopic (exact) mass is 451 g/mol. The molecule has 0 aliphatic carbocycles. The summed E-state index contributed by atoms with van der Waals surface area (Å²) in [7, 11) is 3.20. The number of aryl methyl sites for hydroxylation is 3. The third kappa shape index (κ3) is 3.89. The number of nitrogens with zero attached hydrogens (tertiary/aromatic N) is 1. The highest BCUT2D eigenvalue weighted by atomic mass is 35.5. The third-order valence-electron chi connectivity index (χ3n) is 5.81. The van der Waals surface area contributed by atoms with E-state index in [4.69, 9.17) is 25.8 Å². The van der Waals surface area contributed by atoms with E-state index < -0.39 is 6.10 Å². The molecular weight excluding hydrogens is 426 g/mol. The number of amides is 1. The SMILES string of the molecule is COc1ccc([C@H]2[C@@H](Oc3ccc(Cl)cc3C)C(=O)N2c2cc(C)ccc2C)cc1OC. The minimum Gasteiger partial charge on any atom is -0.493 e. The van der Waals surface area contributed by atoms with Crippen LogP contribution >= 0.6 is 11.6 Å². The fourth-order valence-electron chi connectivity index (χ4n) is 4.07. The van der Waals surface area contributed by atoms with Gasteiger partial charge in [-0.05, 0) is 79.4 Å². The fourth-order valence-corrected chi connectivity index (χ4v) is 4.29. The topological polar surface area (TPSA) is 48.0 Å². The molecule has 4 rings (SSSR count). The smallest absolute Gasteiger partial charge is 0.271 e. The molecule has 5 nitrogen and oxygen atoms in total. The molecule has 3 aromatic rings. The van der Waals surface area contributed by atoms with Gasteiger partial charge in [-0.15, -0.1) is 0 Å². The van der Waals surface area contributed by atoms with Gasteiger partial charge in [-0.25, -0.2) is 0 Å². The summed E-state index contributed by atoms with van der Waals surface area (Å²) in [4.78, 5) is 15.2. The van der Waals surface area contributed by atoms with E-state index in [9.17, 15) is 4.79 Å². The van der Waals surface area contributed by atoms with Gasteiger partial charge in [0.15, 0.2) is 11.5 Å². The minimum absolute atomic E-state index is 0.0900. The molecule has 32 heavy (non-hydrogen) atoms. The molecule has 1 amide bonds. The minimum atomic E-state index is -0.673. The first-order valence-electron chi connectivity index (χ1n) is 10.4. The molecule has 0 bridgehead atoms. The second-order valence-electron chi connectivity index (χ2n) is 8.01. The largest absolute Gasteiger partial charge is 0.493 e. The van der Waals surface area contributed by atoms with Crippen molar-refractivity contribution in [2.45, 2.75) is 32.9 Å². The summed E-state index contributed by atoms with van der Waals surface area (Å²) in [5, 5.41) is 0.628. The number of halogens is 1. The number of carbonyl (C=O) groups is 1. The van der Waals surface area contributed by atoms with E-state index in [0.717, 1.165) is 27.9 Å². The molecule has 166 valence electrons. The number of rotatable bonds is 6. The fraction of sp³-hybridized carbons (Fsp3) is 0.269. The number of hydrogen-bond donors (Lipinski definition) is 0. The Bertz CT molecular complexity index is 1180. The van der Waals surface area contributed by atoms with E-state index in [1.165, 1.54) is 0 Å². The maximum Gasteiger partial charge on any atom is 0.271 e. The van der Waals surface area contributed by atoms with Gasteiger partial charge in [0.05, 0.1) is 14.2 Å². The van der Waals surface area contributed by atoms with Crippen molar-refractivity contribution in [1.82, 2.24) is 0 Å². The quantitative estimate of drug-likeness (QED) is 0.443. The number of carbonyl (C=O) groups excluding carboxylic acids is 1. The van der Waals surface area contributed by atoms with Crippen molar-refractivity contribution in [3.8, 4) is 17.2 Å². The van der Waals surface area contributed by atoms with Crippen LogP contribution in [-0.2, 0) is 4.79 Å². The normalized spacial score (nSPS) is 17.7. The zero-order chi connectivity index (χ0) is 23.0. The summed E-state index contributed by atoms with van der Waals surface area (Å²) in [5.41, 5.74) is 4.77. The van der Waals surface area contributed by atoms with E-state index in [0.29, 0.717) is 22.3 Å². The Morgan fingerprint density at radius 2 is 1.53 bits per heavy atom. The molecule has 1 aliphatic heterocycles. The van der Waals surface area contributed by atoms with Gasteiger partial charge in [-0.2, -0.15) is 0 Å². The first-order chi connectivity index (χ1) is 15.3. The maximum absolute atomic E-state index is 13.4. The van der Waals surface area contributed by atoms with Gasteiger partial charge < -0.3 is 14.2 Å². The number of methoxy groups -OCH3 is 2. The molecule has 3 aromatic carbocycles. The number of anilines is 1. The van der Waals surface area contributed by atoms with E-state index in [1.54, 1.807) is 31.3 Å². The summed E-state index contributed by atoms with van der Waals surface area (Å²) in [6.07, 6.45) is -0.673. The van der Waals surface area contributed by atoms with E-state index in [1.807, 2.05) is 63.2 Å². The molecule has 0 radical (unpaired) electrons. The van der Waals surface area contributed by atoms with Gasteiger partial charge in [0.25, 0.3) is 5.91 Å². The van der Waals surface area contributed by atoms with Crippen LogP contribution in [0.5, 0.6) is 17.2 Å². The predicted molar refractivity (Wildman–Crippen MR) is 126 cm³/mol. The van der Waals surface area contributed by atoms with Crippen molar-refractivity contribution in [2.75, 3.05) is 19.1 Å². The van der Waals surface area contributed by atoms with Crippen molar-refractivity contribution in [2.24, 2.45) is 0 Å². The van der Waals surface area contributed by atoms with Gasteiger partial charge in [0, 0.05) is 10.7 Å². The molecule has 0 spiro atoms. The number of ether oxygens (including phenoxy) is 3. The Hall–Kier alpha value is -3.18. The van der Waals surface area contributed by atoms with Crippen molar-refractivity contribution in [3.05, 3.63) is 81.9 Å². The number of β-lactam (4-membered cyclic amide) rings is 1. The van der Waals surface area contributed by atoms with Crippen molar-refractivity contribution < 1.29 is 19.0 Å². The Balaban J connectivity index is 1.78. The summed E-state index contributed by atoms with van der Waals surface area (Å²) in [6, 6.07) is 16.9. The highest BCUT2D eigenvalue weighted by molar-refractivity contribution is 6.30. The molecule has 6 heteroatoms. The molecule has 0 N–H and O–H groups in total.